The first-order valence-electron chi connectivity index (χ1n) is 12.5. The molecule has 2 aromatic heterocycles. The Kier molecular flexibility index (Phi) is 6.07. The summed E-state index contributed by atoms with van der Waals surface area (Å²) in [6.07, 6.45) is 7.80. The van der Waals surface area contributed by atoms with E-state index < -0.39 is 15.8 Å². The Bertz CT molecular complexity index is 1750. The van der Waals surface area contributed by atoms with Crippen molar-refractivity contribution in [1.29, 1.82) is 0 Å². The molecule has 0 bridgehead atoms. The van der Waals surface area contributed by atoms with E-state index >= 15 is 4.39 Å². The lowest BCUT2D eigenvalue weighted by Crippen LogP contribution is -2.14. The van der Waals surface area contributed by atoms with Crippen LogP contribution in [0.2, 0.25) is 0 Å². The first-order valence-corrected chi connectivity index (χ1v) is 14.0. The molecule has 6 rings (SSSR count). The van der Waals surface area contributed by atoms with Gasteiger partial charge >= 0.3 is 0 Å². The lowest BCUT2D eigenvalue weighted by molar-refractivity contribution is 0.532. The normalized spacial score (nSPS) is 14.2. The quantitative estimate of drug-likeness (QED) is 0.266. The van der Waals surface area contributed by atoms with Gasteiger partial charge in [-0.15, -0.1) is 0 Å². The number of anilines is 2. The van der Waals surface area contributed by atoms with Gasteiger partial charge in [-0.2, -0.15) is 0 Å². The van der Waals surface area contributed by atoms with E-state index in [4.69, 9.17) is 5.73 Å². The number of nitrogens with one attached hydrogen (secondary N) is 1. The third-order valence-electron chi connectivity index (χ3n) is 7.13. The highest BCUT2D eigenvalue weighted by atomic mass is 32.2. The van der Waals surface area contributed by atoms with Crippen LogP contribution in [0.15, 0.2) is 90.2 Å². The van der Waals surface area contributed by atoms with Gasteiger partial charge in [-0.05, 0) is 53.8 Å². The van der Waals surface area contributed by atoms with Gasteiger partial charge in [0.1, 0.15) is 23.6 Å². The second-order valence-electron chi connectivity index (χ2n) is 9.54. The topological polar surface area (TPSA) is 103 Å². The number of fused-ring (bicyclic) bond motifs is 1. The molecule has 7 nitrogen and oxygen atoms in total. The number of aromatic nitrogens is 3. The Morgan fingerprint density at radius 3 is 2.42 bits per heavy atom. The number of nitrogen functional groups attached to an aromatic ring is 1. The Morgan fingerprint density at radius 1 is 0.895 bits per heavy atom. The summed E-state index contributed by atoms with van der Waals surface area (Å²) in [4.78, 5) is 8.67. The molecule has 3 N–H and O–H groups in total. The molecular weight excluding hydrogens is 501 g/mol. The molecule has 192 valence electrons. The van der Waals surface area contributed by atoms with Crippen LogP contribution in [-0.4, -0.2) is 23.0 Å². The number of hydrogen-bond acceptors (Lipinski definition) is 5. The van der Waals surface area contributed by atoms with Crippen molar-refractivity contribution >= 4 is 32.6 Å². The van der Waals surface area contributed by atoms with Gasteiger partial charge in [0.15, 0.2) is 0 Å². The van der Waals surface area contributed by atoms with Crippen molar-refractivity contribution in [2.75, 3.05) is 10.5 Å². The Labute approximate surface area is 220 Å². The molecule has 1 fully saturated rings. The molecule has 1 saturated carbocycles. The van der Waals surface area contributed by atoms with Gasteiger partial charge in [0.2, 0.25) is 0 Å². The third-order valence-corrected chi connectivity index (χ3v) is 8.50. The van der Waals surface area contributed by atoms with Crippen LogP contribution in [0.1, 0.15) is 31.7 Å². The predicted molar refractivity (Wildman–Crippen MR) is 148 cm³/mol. The molecule has 0 saturated heterocycles. The molecular formula is C29H26FN5O2S. The molecule has 1 aliphatic rings. The molecule has 2 heterocycles. The summed E-state index contributed by atoms with van der Waals surface area (Å²) >= 11 is 0. The van der Waals surface area contributed by atoms with Crippen molar-refractivity contribution in [2.24, 2.45) is 0 Å². The molecule has 0 aliphatic heterocycles. The first-order chi connectivity index (χ1) is 18.4. The summed E-state index contributed by atoms with van der Waals surface area (Å²) in [7, 11) is -4.03. The average molecular weight is 528 g/mol. The lowest BCUT2D eigenvalue weighted by Gasteiger charge is -2.12. The van der Waals surface area contributed by atoms with E-state index in [1.165, 1.54) is 24.5 Å². The van der Waals surface area contributed by atoms with E-state index in [1.807, 2.05) is 42.6 Å². The number of halogens is 1. The Balaban J connectivity index is 1.33. The fourth-order valence-electron chi connectivity index (χ4n) is 5.23. The maximum Gasteiger partial charge on any atom is 0.262 e. The van der Waals surface area contributed by atoms with Crippen molar-refractivity contribution in [2.45, 2.75) is 36.6 Å². The van der Waals surface area contributed by atoms with Crippen LogP contribution in [0, 0.1) is 5.82 Å². The van der Waals surface area contributed by atoms with Gasteiger partial charge in [-0.3, -0.25) is 4.72 Å². The molecule has 0 unspecified atom stereocenters. The van der Waals surface area contributed by atoms with Crippen LogP contribution in [0.25, 0.3) is 33.3 Å². The zero-order valence-electron chi connectivity index (χ0n) is 20.5. The highest BCUT2D eigenvalue weighted by molar-refractivity contribution is 7.92. The summed E-state index contributed by atoms with van der Waals surface area (Å²) < 4.78 is 46.2. The molecule has 0 atom stereocenters. The Hall–Kier alpha value is -4.24. The molecule has 38 heavy (non-hydrogen) atoms. The van der Waals surface area contributed by atoms with Crippen molar-refractivity contribution in [3.63, 3.8) is 0 Å². The summed E-state index contributed by atoms with van der Waals surface area (Å²) in [5.41, 5.74) is 9.74. The molecule has 0 amide bonds. The predicted octanol–water partition coefficient (Wildman–Crippen LogP) is 6.40. The van der Waals surface area contributed by atoms with Crippen molar-refractivity contribution in [3.8, 4) is 22.3 Å². The second-order valence-corrected chi connectivity index (χ2v) is 11.2. The first kappa shape index (κ1) is 24.1. The number of nitrogens with two attached hydrogens (primary N) is 1. The van der Waals surface area contributed by atoms with Crippen LogP contribution in [-0.2, 0) is 10.0 Å². The highest BCUT2D eigenvalue weighted by Crippen LogP contribution is 2.39. The number of hydrogen-bond donors (Lipinski definition) is 2. The number of rotatable bonds is 6. The van der Waals surface area contributed by atoms with Gasteiger partial charge < -0.3 is 10.3 Å². The average Bonchev–Trinajstić information content (AvgIpc) is 3.59. The van der Waals surface area contributed by atoms with Gasteiger partial charge in [0.25, 0.3) is 10.0 Å². The molecule has 0 spiro atoms. The van der Waals surface area contributed by atoms with Gasteiger partial charge in [0, 0.05) is 17.8 Å². The standard InChI is InChI=1S/C29H26FN5O2S/c30-25-16-21(24-17-35(22-10-4-5-11-22)29-27(24)28(31)32-18-33-29)13-14-26(25)34-38(36,37)23-12-6-9-20(15-23)19-7-2-1-3-8-19/h1-3,6-9,12-18,22,34H,4-5,10-11H2,(H2,31,32,33). The van der Waals surface area contributed by atoms with E-state index in [-0.39, 0.29) is 10.6 Å². The van der Waals surface area contributed by atoms with Gasteiger partial charge in [-0.1, -0.05) is 61.4 Å². The van der Waals surface area contributed by atoms with Crippen molar-refractivity contribution < 1.29 is 12.8 Å². The van der Waals surface area contributed by atoms with Crippen LogP contribution in [0.4, 0.5) is 15.9 Å². The summed E-state index contributed by atoms with van der Waals surface area (Å²) in [5.74, 6) is -0.368. The minimum Gasteiger partial charge on any atom is -0.383 e. The van der Waals surface area contributed by atoms with Crippen LogP contribution >= 0.6 is 0 Å². The number of nitrogens with zero attached hydrogens (tertiary/aromatic N) is 3. The fraction of sp³-hybridized carbons (Fsp3) is 0.172. The van der Waals surface area contributed by atoms with E-state index in [9.17, 15) is 8.42 Å². The highest BCUT2D eigenvalue weighted by Gasteiger charge is 2.24. The van der Waals surface area contributed by atoms with Crippen LogP contribution < -0.4 is 10.5 Å². The summed E-state index contributed by atoms with van der Waals surface area (Å²) in [5, 5.41) is 0.671. The molecule has 0 radical (unpaired) electrons. The van der Waals surface area contributed by atoms with Gasteiger partial charge in [-0.25, -0.2) is 22.8 Å². The van der Waals surface area contributed by atoms with E-state index in [2.05, 4.69) is 19.3 Å². The maximum atomic E-state index is 15.3. The van der Waals surface area contributed by atoms with Crippen LogP contribution in [0.5, 0.6) is 0 Å². The van der Waals surface area contributed by atoms with Crippen LogP contribution in [0.3, 0.4) is 0 Å². The number of benzene rings is 3. The zero-order chi connectivity index (χ0) is 26.3. The number of sulfonamides is 1. The lowest BCUT2D eigenvalue weighted by atomic mass is 10.1. The second kappa shape index (κ2) is 9.57. The van der Waals surface area contributed by atoms with Crippen molar-refractivity contribution in [3.05, 3.63) is 91.1 Å². The van der Waals surface area contributed by atoms with Gasteiger partial charge in [0.05, 0.1) is 16.0 Å². The molecule has 5 aromatic rings. The van der Waals surface area contributed by atoms with E-state index in [1.54, 1.807) is 18.2 Å². The Morgan fingerprint density at radius 2 is 1.66 bits per heavy atom. The largest absolute Gasteiger partial charge is 0.383 e. The zero-order valence-corrected chi connectivity index (χ0v) is 21.3. The maximum absolute atomic E-state index is 15.3. The fourth-order valence-corrected chi connectivity index (χ4v) is 6.34. The van der Waals surface area contributed by atoms with E-state index in [0.717, 1.165) is 42.5 Å². The smallest absolute Gasteiger partial charge is 0.262 e. The van der Waals surface area contributed by atoms with Crippen molar-refractivity contribution in [1.82, 2.24) is 14.5 Å². The third kappa shape index (κ3) is 4.39. The monoisotopic (exact) mass is 527 g/mol. The summed E-state index contributed by atoms with van der Waals surface area (Å²) in [6, 6.07) is 20.8. The minimum absolute atomic E-state index is 0.0480. The van der Waals surface area contributed by atoms with E-state index in [0.29, 0.717) is 28.4 Å². The minimum atomic E-state index is -4.03. The summed E-state index contributed by atoms with van der Waals surface area (Å²) in [6.45, 7) is 0. The SMILES string of the molecule is Nc1ncnc2c1c(-c1ccc(NS(=O)(=O)c3cccc(-c4ccccc4)c3)c(F)c1)cn2C1CCCC1. The molecule has 3 aromatic carbocycles. The molecule has 9 heteroatoms. The molecule has 1 aliphatic carbocycles.